The maximum absolute atomic E-state index is 13.0. The fourth-order valence-electron chi connectivity index (χ4n) is 3.37. The van der Waals surface area contributed by atoms with Crippen molar-refractivity contribution >= 4 is 5.91 Å². The van der Waals surface area contributed by atoms with E-state index in [0.29, 0.717) is 33.9 Å². The number of amides is 1. The Bertz CT molecular complexity index is 1330. The van der Waals surface area contributed by atoms with Crippen LogP contribution in [-0.4, -0.2) is 36.1 Å². The molecule has 0 aliphatic rings. The predicted octanol–water partition coefficient (Wildman–Crippen LogP) is 4.50. The molecule has 0 fully saturated rings. The van der Waals surface area contributed by atoms with Crippen LogP contribution in [0.15, 0.2) is 54.9 Å². The fourth-order valence-corrected chi connectivity index (χ4v) is 3.37. The number of halogens is 3. The summed E-state index contributed by atoms with van der Waals surface area (Å²) in [6, 6.07) is 11.1. The molecule has 1 N–H and O–H groups in total. The topological polar surface area (TPSA) is 98.5 Å². The van der Waals surface area contributed by atoms with E-state index < -0.39 is 17.8 Å². The number of nitrogens with one attached hydrogen (secondary N) is 1. The number of tetrazole rings is 1. The van der Waals surface area contributed by atoms with Gasteiger partial charge in [0, 0.05) is 36.0 Å². The van der Waals surface area contributed by atoms with Crippen molar-refractivity contribution in [2.45, 2.75) is 39.4 Å². The molecule has 0 aliphatic heterocycles. The largest absolute Gasteiger partial charge is 0.433 e. The highest BCUT2D eigenvalue weighted by Crippen LogP contribution is 2.27. The number of benzene rings is 1. The molecule has 1 aromatic carbocycles. The van der Waals surface area contributed by atoms with Gasteiger partial charge in [-0.3, -0.25) is 14.8 Å². The summed E-state index contributed by atoms with van der Waals surface area (Å²) in [6.07, 6.45) is -1.69. The van der Waals surface area contributed by atoms with Gasteiger partial charge in [-0.05, 0) is 58.8 Å². The van der Waals surface area contributed by atoms with Gasteiger partial charge in [-0.25, -0.2) is 0 Å². The maximum Gasteiger partial charge on any atom is 0.433 e. The molecule has 0 radical (unpaired) electrons. The number of hydrogen-bond acceptors (Lipinski definition) is 6. The summed E-state index contributed by atoms with van der Waals surface area (Å²) in [5.74, 6) is 0.246. The van der Waals surface area contributed by atoms with E-state index in [0.717, 1.165) is 17.8 Å². The first-order chi connectivity index (χ1) is 16.6. The molecule has 0 spiro atoms. The van der Waals surface area contributed by atoms with Gasteiger partial charge in [0.2, 0.25) is 0 Å². The van der Waals surface area contributed by atoms with E-state index in [4.69, 9.17) is 0 Å². The summed E-state index contributed by atoms with van der Waals surface area (Å²) < 4.78 is 39.8. The minimum atomic E-state index is -4.52. The molecular formula is C24H22F3N7O. The highest BCUT2D eigenvalue weighted by molar-refractivity contribution is 5.96. The lowest BCUT2D eigenvalue weighted by molar-refractivity contribution is -0.141. The second kappa shape index (κ2) is 9.61. The van der Waals surface area contributed by atoms with Crippen molar-refractivity contribution in [1.82, 2.24) is 35.5 Å². The SMILES string of the molecule is Cc1ccc(-c2cc(C(=O)NCc3ccc(C(F)(F)F)nc3)cc(-n3nnnc3C(C)C)c2)nc1. The maximum atomic E-state index is 13.0. The lowest BCUT2D eigenvalue weighted by Crippen LogP contribution is -2.23. The molecule has 0 atom stereocenters. The van der Waals surface area contributed by atoms with Crippen LogP contribution in [0.4, 0.5) is 13.2 Å². The minimum Gasteiger partial charge on any atom is -0.348 e. The number of aryl methyl sites for hydroxylation is 1. The van der Waals surface area contributed by atoms with Crippen LogP contribution in [0.25, 0.3) is 16.9 Å². The van der Waals surface area contributed by atoms with Gasteiger partial charge < -0.3 is 5.32 Å². The van der Waals surface area contributed by atoms with E-state index in [9.17, 15) is 18.0 Å². The third kappa shape index (κ3) is 5.51. The van der Waals surface area contributed by atoms with E-state index in [1.165, 1.54) is 6.07 Å². The lowest BCUT2D eigenvalue weighted by atomic mass is 10.0. The van der Waals surface area contributed by atoms with Gasteiger partial charge in [0.25, 0.3) is 5.91 Å². The predicted molar refractivity (Wildman–Crippen MR) is 122 cm³/mol. The minimum absolute atomic E-state index is 0.00837. The van der Waals surface area contributed by atoms with Crippen molar-refractivity contribution in [3.8, 4) is 16.9 Å². The lowest BCUT2D eigenvalue weighted by Gasteiger charge is -2.12. The Balaban J connectivity index is 1.65. The Hall–Kier alpha value is -4.15. The van der Waals surface area contributed by atoms with Crippen LogP contribution in [0.2, 0.25) is 0 Å². The Morgan fingerprint density at radius 2 is 1.86 bits per heavy atom. The summed E-state index contributed by atoms with van der Waals surface area (Å²) in [6.45, 7) is 5.85. The van der Waals surface area contributed by atoms with Crippen molar-refractivity contribution < 1.29 is 18.0 Å². The Labute approximate surface area is 199 Å². The molecule has 0 unspecified atom stereocenters. The van der Waals surface area contributed by atoms with Crippen LogP contribution in [0.1, 0.15) is 52.8 Å². The van der Waals surface area contributed by atoms with E-state index in [1.807, 2.05) is 39.0 Å². The van der Waals surface area contributed by atoms with Crippen molar-refractivity contribution in [1.29, 1.82) is 0 Å². The second-order valence-electron chi connectivity index (χ2n) is 8.33. The van der Waals surface area contributed by atoms with Gasteiger partial charge in [0.15, 0.2) is 5.82 Å². The molecule has 0 saturated heterocycles. The Morgan fingerprint density at radius 3 is 2.49 bits per heavy atom. The third-order valence-electron chi connectivity index (χ3n) is 5.21. The van der Waals surface area contributed by atoms with Crippen LogP contribution in [0.5, 0.6) is 0 Å². The number of nitrogens with zero attached hydrogens (tertiary/aromatic N) is 6. The molecule has 8 nitrogen and oxygen atoms in total. The number of pyridine rings is 2. The highest BCUT2D eigenvalue weighted by Gasteiger charge is 2.32. The van der Waals surface area contributed by atoms with Crippen LogP contribution >= 0.6 is 0 Å². The van der Waals surface area contributed by atoms with Gasteiger partial charge in [-0.2, -0.15) is 17.9 Å². The first-order valence-electron chi connectivity index (χ1n) is 10.8. The van der Waals surface area contributed by atoms with Crippen LogP contribution in [-0.2, 0) is 12.7 Å². The molecule has 3 heterocycles. The molecule has 0 aliphatic carbocycles. The Kier molecular flexibility index (Phi) is 6.59. The zero-order valence-corrected chi connectivity index (χ0v) is 19.2. The number of aromatic nitrogens is 6. The monoisotopic (exact) mass is 481 g/mol. The van der Waals surface area contributed by atoms with Crippen molar-refractivity contribution in [3.63, 3.8) is 0 Å². The molecule has 4 rings (SSSR count). The van der Waals surface area contributed by atoms with E-state index in [1.54, 1.807) is 23.0 Å². The number of carbonyl (C=O) groups is 1. The standard InChI is InChI=1S/C24H22F3N7O/c1-14(2)22-31-32-33-34(22)19-9-17(20-6-4-15(3)11-28-20)8-18(10-19)23(35)30-13-16-5-7-21(29-12-16)24(25,26)27/h4-12,14H,13H2,1-3H3,(H,30,35). The smallest absolute Gasteiger partial charge is 0.348 e. The molecular weight excluding hydrogens is 459 g/mol. The zero-order valence-electron chi connectivity index (χ0n) is 19.2. The summed E-state index contributed by atoms with van der Waals surface area (Å²) in [7, 11) is 0. The number of alkyl halides is 3. The summed E-state index contributed by atoms with van der Waals surface area (Å²) in [4.78, 5) is 20.9. The van der Waals surface area contributed by atoms with E-state index in [2.05, 4.69) is 30.8 Å². The average molecular weight is 481 g/mol. The highest BCUT2D eigenvalue weighted by atomic mass is 19.4. The van der Waals surface area contributed by atoms with Gasteiger partial charge >= 0.3 is 6.18 Å². The van der Waals surface area contributed by atoms with E-state index >= 15 is 0 Å². The van der Waals surface area contributed by atoms with Gasteiger partial charge in [-0.1, -0.05) is 26.0 Å². The number of hydrogen-bond donors (Lipinski definition) is 1. The summed E-state index contributed by atoms with van der Waals surface area (Å²) in [5.41, 5.74) is 2.70. The van der Waals surface area contributed by atoms with Crippen molar-refractivity contribution in [2.75, 3.05) is 0 Å². The number of rotatable bonds is 6. The summed E-state index contributed by atoms with van der Waals surface area (Å²) in [5, 5.41) is 14.7. The molecule has 3 aromatic heterocycles. The van der Waals surface area contributed by atoms with Gasteiger partial charge in [0.1, 0.15) is 5.69 Å². The first kappa shape index (κ1) is 24.0. The molecule has 0 bridgehead atoms. The zero-order chi connectivity index (χ0) is 25.2. The fraction of sp³-hybridized carbons (Fsp3) is 0.250. The van der Waals surface area contributed by atoms with Crippen LogP contribution in [0, 0.1) is 6.92 Å². The molecule has 1 amide bonds. The molecule has 180 valence electrons. The van der Waals surface area contributed by atoms with Crippen molar-refractivity contribution in [3.05, 3.63) is 83.1 Å². The average Bonchev–Trinajstić information content (AvgIpc) is 3.33. The van der Waals surface area contributed by atoms with Crippen LogP contribution < -0.4 is 5.32 Å². The van der Waals surface area contributed by atoms with Crippen LogP contribution in [0.3, 0.4) is 0 Å². The van der Waals surface area contributed by atoms with Gasteiger partial charge in [0.05, 0.1) is 11.4 Å². The molecule has 4 aromatic rings. The number of carbonyl (C=O) groups excluding carboxylic acids is 1. The third-order valence-corrected chi connectivity index (χ3v) is 5.21. The molecule has 0 saturated carbocycles. The Morgan fingerprint density at radius 1 is 1.06 bits per heavy atom. The quantitative estimate of drug-likeness (QED) is 0.436. The molecule has 35 heavy (non-hydrogen) atoms. The first-order valence-corrected chi connectivity index (χ1v) is 10.8. The van der Waals surface area contributed by atoms with E-state index in [-0.39, 0.29) is 12.5 Å². The second-order valence-corrected chi connectivity index (χ2v) is 8.33. The summed E-state index contributed by atoms with van der Waals surface area (Å²) >= 11 is 0. The van der Waals surface area contributed by atoms with Crippen molar-refractivity contribution in [2.24, 2.45) is 0 Å². The molecule has 11 heteroatoms. The normalized spacial score (nSPS) is 11.6. The van der Waals surface area contributed by atoms with Gasteiger partial charge in [-0.15, -0.1) is 5.10 Å².